The Labute approximate surface area is 107 Å². The fraction of sp³-hybridized carbons (Fsp3) is 0. The molecule has 0 bridgehead atoms. The lowest BCUT2D eigenvalue weighted by atomic mass is 10.3. The molecule has 8 heteroatoms. The molecule has 3 aromatic heterocycles. The minimum Gasteiger partial charge on any atom is -0.368 e. The molecule has 0 aliphatic carbocycles. The van der Waals surface area contributed by atoms with E-state index in [1.165, 1.54) is 11.0 Å². The molecule has 0 atom stereocenters. The van der Waals surface area contributed by atoms with Crippen LogP contribution in [-0.2, 0) is 0 Å². The molecule has 1 amide bonds. The lowest BCUT2D eigenvalue weighted by molar-refractivity contribution is -0.641. The first-order valence-electron chi connectivity index (χ1n) is 5.48. The molecule has 19 heavy (non-hydrogen) atoms. The van der Waals surface area contributed by atoms with Crippen molar-refractivity contribution in [1.82, 2.24) is 19.9 Å². The molecule has 3 heterocycles. The Balaban J connectivity index is 2.00. The lowest BCUT2D eigenvalue weighted by Crippen LogP contribution is -2.47. The van der Waals surface area contributed by atoms with Crippen molar-refractivity contribution in [2.24, 2.45) is 0 Å². The molecule has 3 rings (SSSR count). The number of pyridine rings is 1. The van der Waals surface area contributed by atoms with Gasteiger partial charge >= 0.3 is 5.91 Å². The van der Waals surface area contributed by atoms with Gasteiger partial charge in [-0.1, -0.05) is 10.7 Å². The van der Waals surface area contributed by atoms with Gasteiger partial charge < -0.3 is 10.7 Å². The first kappa shape index (κ1) is 11.1. The van der Waals surface area contributed by atoms with E-state index in [0.717, 1.165) is 0 Å². The Hall–Kier alpha value is -3.03. The van der Waals surface area contributed by atoms with Crippen LogP contribution in [-0.4, -0.2) is 25.8 Å². The van der Waals surface area contributed by atoms with Crippen LogP contribution in [0.25, 0.3) is 11.2 Å². The van der Waals surface area contributed by atoms with Crippen molar-refractivity contribution in [3.05, 3.63) is 42.6 Å². The molecular weight excluding hydrogens is 246 g/mol. The highest BCUT2D eigenvalue weighted by Crippen LogP contribution is 2.11. The number of hydrogen-bond donors (Lipinski definition) is 3. The summed E-state index contributed by atoms with van der Waals surface area (Å²) in [6, 6.07) is 5.43. The van der Waals surface area contributed by atoms with Crippen LogP contribution in [0.5, 0.6) is 0 Å². The highest BCUT2D eigenvalue weighted by molar-refractivity contribution is 6.05. The predicted octanol–water partition coefficient (Wildman–Crippen LogP) is -0.393. The van der Waals surface area contributed by atoms with Crippen molar-refractivity contribution in [3.8, 4) is 0 Å². The van der Waals surface area contributed by atoms with Crippen molar-refractivity contribution < 1.29 is 9.47 Å². The van der Waals surface area contributed by atoms with Crippen LogP contribution >= 0.6 is 0 Å². The highest BCUT2D eigenvalue weighted by atomic mass is 16.2. The second kappa shape index (κ2) is 4.33. The number of nitrogens with one attached hydrogen (secondary N) is 2. The van der Waals surface area contributed by atoms with E-state index in [0.29, 0.717) is 11.2 Å². The van der Waals surface area contributed by atoms with Crippen molar-refractivity contribution in [3.63, 3.8) is 0 Å². The van der Waals surface area contributed by atoms with Gasteiger partial charge in [0.15, 0.2) is 23.7 Å². The minimum absolute atomic E-state index is 0.00260. The largest absolute Gasteiger partial charge is 0.368 e. The lowest BCUT2D eigenvalue weighted by Gasteiger charge is -2.01. The van der Waals surface area contributed by atoms with Crippen LogP contribution in [0.2, 0.25) is 0 Å². The molecule has 0 unspecified atom stereocenters. The van der Waals surface area contributed by atoms with Crippen molar-refractivity contribution in [2.75, 3.05) is 11.2 Å². The van der Waals surface area contributed by atoms with Crippen LogP contribution in [0, 0.1) is 0 Å². The zero-order valence-electron chi connectivity index (χ0n) is 9.74. The van der Waals surface area contributed by atoms with Gasteiger partial charge in [-0.15, -0.1) is 5.43 Å². The second-order valence-electron chi connectivity index (χ2n) is 3.76. The average molecular weight is 256 g/mol. The van der Waals surface area contributed by atoms with Crippen LogP contribution in [0.4, 0.5) is 5.95 Å². The normalized spacial score (nSPS) is 10.5. The highest BCUT2D eigenvalue weighted by Gasteiger charge is 2.18. The summed E-state index contributed by atoms with van der Waals surface area (Å²) in [6.07, 6.45) is 4.84. The number of aromatic amines is 1. The smallest absolute Gasteiger partial charge is 0.326 e. The zero-order valence-corrected chi connectivity index (χ0v) is 9.74. The van der Waals surface area contributed by atoms with E-state index in [4.69, 9.17) is 5.73 Å². The fourth-order valence-electron chi connectivity index (χ4n) is 1.66. The number of fused-ring (bicyclic) bond motifs is 1. The summed E-state index contributed by atoms with van der Waals surface area (Å²) in [7, 11) is 0. The molecule has 4 N–H and O–H groups in total. The van der Waals surface area contributed by atoms with E-state index >= 15 is 0 Å². The molecule has 0 saturated carbocycles. The fourth-order valence-corrected chi connectivity index (χ4v) is 1.66. The molecule has 0 saturated heterocycles. The Morgan fingerprint density at radius 1 is 1.26 bits per heavy atom. The molecule has 0 fully saturated rings. The van der Waals surface area contributed by atoms with E-state index in [2.05, 4.69) is 25.4 Å². The standard InChI is InChI=1S/C11H9N7O/c12-11-15-8(7-9(16-11)14-6-13-7)10(19)17-18-4-2-1-3-5-18/h1-6H,(H3-,12,13,14,15,16,17,19)/p+1. The molecule has 0 aromatic carbocycles. The van der Waals surface area contributed by atoms with E-state index < -0.39 is 5.91 Å². The Kier molecular flexibility index (Phi) is 2.53. The monoisotopic (exact) mass is 256 g/mol. The number of nitrogens with zero attached hydrogens (tertiary/aromatic N) is 4. The number of H-pyrrole nitrogens is 1. The number of carbonyl (C=O) groups is 1. The number of nitrogen functional groups attached to an aromatic ring is 1. The number of imidazole rings is 1. The number of carbonyl (C=O) groups excluding carboxylic acids is 1. The third-order valence-corrected chi connectivity index (χ3v) is 2.46. The van der Waals surface area contributed by atoms with Gasteiger partial charge in [-0.3, -0.25) is 4.79 Å². The molecule has 3 aromatic rings. The number of anilines is 1. The van der Waals surface area contributed by atoms with Gasteiger partial charge in [0.2, 0.25) is 5.95 Å². The van der Waals surface area contributed by atoms with E-state index in [-0.39, 0.29) is 11.6 Å². The molecular formula is C11H10N7O+. The summed E-state index contributed by atoms with van der Waals surface area (Å²) in [4.78, 5) is 26.8. The number of nitrogens with two attached hydrogens (primary N) is 1. The molecule has 0 aliphatic heterocycles. The topological polar surface area (TPSA) is 113 Å². The maximum Gasteiger partial charge on any atom is 0.326 e. The third-order valence-electron chi connectivity index (χ3n) is 2.46. The SMILES string of the molecule is Nc1nc(C(=O)N[n+]2ccccc2)c2[nH]cnc2n1. The Morgan fingerprint density at radius 3 is 2.84 bits per heavy atom. The van der Waals surface area contributed by atoms with Gasteiger partial charge in [-0.2, -0.15) is 4.98 Å². The maximum absolute atomic E-state index is 12.2. The van der Waals surface area contributed by atoms with Crippen LogP contribution in [0.3, 0.4) is 0 Å². The van der Waals surface area contributed by atoms with Crippen LogP contribution in [0.15, 0.2) is 36.9 Å². The average Bonchev–Trinajstić information content (AvgIpc) is 2.86. The molecule has 0 spiro atoms. The number of aromatic nitrogens is 5. The van der Waals surface area contributed by atoms with Gasteiger partial charge in [0.1, 0.15) is 5.52 Å². The predicted molar refractivity (Wildman–Crippen MR) is 66.4 cm³/mol. The molecule has 94 valence electrons. The number of amides is 1. The molecule has 8 nitrogen and oxygen atoms in total. The maximum atomic E-state index is 12.2. The summed E-state index contributed by atoms with van der Waals surface area (Å²) < 4.78 is 1.52. The summed E-state index contributed by atoms with van der Waals surface area (Å²) >= 11 is 0. The van der Waals surface area contributed by atoms with Crippen molar-refractivity contribution in [1.29, 1.82) is 0 Å². The van der Waals surface area contributed by atoms with Gasteiger partial charge in [0.25, 0.3) is 0 Å². The first-order chi connectivity index (χ1) is 9.24. The van der Waals surface area contributed by atoms with Crippen molar-refractivity contribution in [2.45, 2.75) is 0 Å². The third kappa shape index (κ3) is 2.06. The minimum atomic E-state index is -0.403. The van der Waals surface area contributed by atoms with E-state index in [1.807, 2.05) is 6.07 Å². The van der Waals surface area contributed by atoms with E-state index in [9.17, 15) is 4.79 Å². The summed E-state index contributed by atoms with van der Waals surface area (Å²) in [5.74, 6) is -0.401. The van der Waals surface area contributed by atoms with Gasteiger partial charge in [-0.25, -0.2) is 9.97 Å². The summed E-state index contributed by atoms with van der Waals surface area (Å²) in [5, 5.41) is 0. The van der Waals surface area contributed by atoms with Crippen molar-refractivity contribution >= 4 is 23.0 Å². The number of rotatable bonds is 2. The molecule has 0 aliphatic rings. The zero-order chi connectivity index (χ0) is 13.2. The van der Waals surface area contributed by atoms with Gasteiger partial charge in [-0.05, 0) is 0 Å². The quantitative estimate of drug-likeness (QED) is 0.540. The van der Waals surface area contributed by atoms with Gasteiger partial charge in [0.05, 0.1) is 6.33 Å². The first-order valence-corrected chi connectivity index (χ1v) is 5.48. The van der Waals surface area contributed by atoms with Crippen LogP contribution < -0.4 is 15.8 Å². The molecule has 0 radical (unpaired) electrons. The summed E-state index contributed by atoms with van der Waals surface area (Å²) in [5.41, 5.74) is 9.16. The van der Waals surface area contributed by atoms with E-state index in [1.54, 1.807) is 24.5 Å². The Morgan fingerprint density at radius 2 is 2.05 bits per heavy atom. The Bertz CT molecular complexity index is 737. The van der Waals surface area contributed by atoms with Crippen LogP contribution in [0.1, 0.15) is 10.5 Å². The second-order valence-corrected chi connectivity index (χ2v) is 3.76. The van der Waals surface area contributed by atoms with Gasteiger partial charge in [0, 0.05) is 12.1 Å². The number of hydrogen-bond acceptors (Lipinski definition) is 5. The summed E-state index contributed by atoms with van der Waals surface area (Å²) in [6.45, 7) is 0.